The van der Waals surface area contributed by atoms with Crippen LogP contribution in [0.1, 0.15) is 46.7 Å². The molecule has 0 bridgehead atoms. The van der Waals surface area contributed by atoms with Gasteiger partial charge in [-0.1, -0.05) is 30.3 Å². The van der Waals surface area contributed by atoms with E-state index in [0.717, 1.165) is 23.3 Å². The maximum atomic E-state index is 13.6. The van der Waals surface area contributed by atoms with E-state index in [1.54, 1.807) is 6.92 Å². The highest BCUT2D eigenvalue weighted by Crippen LogP contribution is 2.42. The maximum absolute atomic E-state index is 13.6. The fourth-order valence-electron chi connectivity index (χ4n) is 4.59. The van der Waals surface area contributed by atoms with Crippen molar-refractivity contribution < 1.29 is 19.1 Å². The van der Waals surface area contributed by atoms with Crippen molar-refractivity contribution in [2.45, 2.75) is 65.5 Å². The Balaban J connectivity index is 1.63. The first-order valence-corrected chi connectivity index (χ1v) is 10.6. The summed E-state index contributed by atoms with van der Waals surface area (Å²) in [5.74, 6) is 0.483. The SMILES string of the molecule is Cc1c(C)c(C)c2c(c1C)CC[C@](C)(C(=O)N1C(=O)OC[C@H]1Cc1ccccc1)O2. The number of benzene rings is 2. The summed E-state index contributed by atoms with van der Waals surface area (Å²) >= 11 is 0. The van der Waals surface area contributed by atoms with Crippen LogP contribution in [0.25, 0.3) is 0 Å². The van der Waals surface area contributed by atoms with Crippen LogP contribution < -0.4 is 4.74 Å². The Morgan fingerprint density at radius 2 is 1.73 bits per heavy atom. The highest BCUT2D eigenvalue weighted by Gasteiger charge is 2.49. The van der Waals surface area contributed by atoms with Crippen LogP contribution in [0.5, 0.6) is 5.75 Å². The zero-order valence-electron chi connectivity index (χ0n) is 18.4. The van der Waals surface area contributed by atoms with E-state index in [2.05, 4.69) is 20.8 Å². The molecule has 5 nitrogen and oxygen atoms in total. The quantitative estimate of drug-likeness (QED) is 0.747. The van der Waals surface area contributed by atoms with E-state index in [1.165, 1.54) is 27.2 Å². The third-order valence-electron chi connectivity index (χ3n) is 6.88. The van der Waals surface area contributed by atoms with Gasteiger partial charge in [0, 0.05) is 6.42 Å². The van der Waals surface area contributed by atoms with Gasteiger partial charge < -0.3 is 9.47 Å². The average molecular weight is 408 g/mol. The van der Waals surface area contributed by atoms with Crippen LogP contribution in [0, 0.1) is 27.7 Å². The Bertz CT molecular complexity index is 1010. The number of carbonyl (C=O) groups excluding carboxylic acids is 2. The summed E-state index contributed by atoms with van der Waals surface area (Å²) in [5, 5.41) is 0. The summed E-state index contributed by atoms with van der Waals surface area (Å²) < 4.78 is 11.7. The molecule has 158 valence electrons. The summed E-state index contributed by atoms with van der Waals surface area (Å²) in [4.78, 5) is 27.4. The minimum atomic E-state index is -1.09. The molecule has 2 atom stereocenters. The van der Waals surface area contributed by atoms with E-state index in [9.17, 15) is 9.59 Å². The molecule has 2 aliphatic rings. The molecule has 5 heteroatoms. The second-order valence-electron chi connectivity index (χ2n) is 8.74. The molecule has 0 spiro atoms. The van der Waals surface area contributed by atoms with Gasteiger partial charge in [0.25, 0.3) is 5.91 Å². The van der Waals surface area contributed by atoms with Gasteiger partial charge in [0.05, 0.1) is 6.04 Å². The largest absolute Gasteiger partial charge is 0.477 e. The number of nitrogens with zero attached hydrogens (tertiary/aromatic N) is 1. The number of rotatable bonds is 3. The molecule has 2 heterocycles. The van der Waals surface area contributed by atoms with Crippen molar-refractivity contribution in [1.82, 2.24) is 4.90 Å². The number of ether oxygens (including phenoxy) is 2. The molecule has 2 amide bonds. The van der Waals surface area contributed by atoms with Gasteiger partial charge in [-0.3, -0.25) is 4.79 Å². The topological polar surface area (TPSA) is 55.8 Å². The minimum Gasteiger partial charge on any atom is -0.477 e. The number of amides is 2. The van der Waals surface area contributed by atoms with E-state index in [-0.39, 0.29) is 18.6 Å². The smallest absolute Gasteiger partial charge is 0.417 e. The van der Waals surface area contributed by atoms with Crippen molar-refractivity contribution in [3.8, 4) is 5.75 Å². The van der Waals surface area contributed by atoms with Crippen LogP contribution in [0.3, 0.4) is 0 Å². The van der Waals surface area contributed by atoms with Crippen LogP contribution in [-0.4, -0.2) is 35.2 Å². The summed E-state index contributed by atoms with van der Waals surface area (Å²) in [6, 6.07) is 9.53. The summed E-state index contributed by atoms with van der Waals surface area (Å²) in [6.07, 6.45) is 1.27. The minimum absolute atomic E-state index is 0.211. The van der Waals surface area contributed by atoms with Gasteiger partial charge in [-0.2, -0.15) is 0 Å². The zero-order valence-corrected chi connectivity index (χ0v) is 18.4. The summed E-state index contributed by atoms with van der Waals surface area (Å²) in [5.41, 5.74) is 5.90. The predicted molar refractivity (Wildman–Crippen MR) is 115 cm³/mol. The third kappa shape index (κ3) is 3.26. The van der Waals surface area contributed by atoms with Crippen molar-refractivity contribution in [2.75, 3.05) is 6.61 Å². The lowest BCUT2D eigenvalue weighted by Crippen LogP contribution is -2.55. The van der Waals surface area contributed by atoms with Crippen molar-refractivity contribution in [1.29, 1.82) is 0 Å². The molecule has 1 fully saturated rings. The molecule has 4 rings (SSSR count). The first kappa shape index (κ1) is 20.5. The Morgan fingerprint density at radius 1 is 1.07 bits per heavy atom. The van der Waals surface area contributed by atoms with Gasteiger partial charge >= 0.3 is 6.09 Å². The molecule has 0 aromatic heterocycles. The standard InChI is InChI=1S/C25H29NO4/c1-15-16(2)18(4)22-21(17(15)3)11-12-25(5,30-22)23(27)26-20(14-29-24(26)28)13-19-9-7-6-8-10-19/h6-10,20H,11-14H2,1-5H3/t20-,25-/m1/s1. The fraction of sp³-hybridized carbons (Fsp3) is 0.440. The fourth-order valence-corrected chi connectivity index (χ4v) is 4.59. The summed E-state index contributed by atoms with van der Waals surface area (Å²) in [7, 11) is 0. The van der Waals surface area contributed by atoms with Gasteiger partial charge in [0.2, 0.25) is 0 Å². The Kier molecular flexibility index (Phi) is 5.08. The molecule has 2 aromatic rings. The van der Waals surface area contributed by atoms with Crippen LogP contribution in [0.4, 0.5) is 4.79 Å². The molecular formula is C25H29NO4. The van der Waals surface area contributed by atoms with Crippen LogP contribution in [-0.2, 0) is 22.4 Å². The van der Waals surface area contributed by atoms with E-state index in [4.69, 9.17) is 9.47 Å². The van der Waals surface area contributed by atoms with E-state index in [1.807, 2.05) is 37.3 Å². The van der Waals surface area contributed by atoms with E-state index < -0.39 is 11.7 Å². The molecule has 0 N–H and O–H groups in total. The Labute approximate surface area is 178 Å². The third-order valence-corrected chi connectivity index (χ3v) is 6.88. The lowest BCUT2D eigenvalue weighted by molar-refractivity contribution is -0.146. The van der Waals surface area contributed by atoms with Crippen molar-refractivity contribution >= 4 is 12.0 Å². The van der Waals surface area contributed by atoms with Gasteiger partial charge in [-0.05, 0) is 80.8 Å². The number of imide groups is 1. The molecule has 2 aliphatic heterocycles. The van der Waals surface area contributed by atoms with Crippen LogP contribution >= 0.6 is 0 Å². The first-order chi connectivity index (χ1) is 14.2. The Hall–Kier alpha value is -2.82. The number of carbonyl (C=O) groups is 2. The first-order valence-electron chi connectivity index (χ1n) is 10.6. The highest BCUT2D eigenvalue weighted by atomic mass is 16.6. The van der Waals surface area contributed by atoms with Crippen LogP contribution in [0.2, 0.25) is 0 Å². The molecule has 0 aliphatic carbocycles. The molecule has 1 saturated heterocycles. The molecule has 2 aromatic carbocycles. The monoisotopic (exact) mass is 407 g/mol. The van der Waals surface area contributed by atoms with Crippen molar-refractivity contribution in [2.24, 2.45) is 0 Å². The molecule has 30 heavy (non-hydrogen) atoms. The highest BCUT2D eigenvalue weighted by molar-refractivity contribution is 5.98. The van der Waals surface area contributed by atoms with Crippen molar-refractivity contribution in [3.63, 3.8) is 0 Å². The lowest BCUT2D eigenvalue weighted by atomic mass is 9.84. The number of fused-ring (bicyclic) bond motifs is 1. The number of hydrogen-bond acceptors (Lipinski definition) is 4. The second-order valence-corrected chi connectivity index (χ2v) is 8.74. The van der Waals surface area contributed by atoms with E-state index >= 15 is 0 Å². The molecule has 0 unspecified atom stereocenters. The zero-order chi connectivity index (χ0) is 21.6. The number of cyclic esters (lactones) is 1. The second kappa shape index (κ2) is 7.46. The Morgan fingerprint density at radius 3 is 2.43 bits per heavy atom. The van der Waals surface area contributed by atoms with Gasteiger partial charge in [-0.25, -0.2) is 9.69 Å². The predicted octanol–water partition coefficient (Wildman–Crippen LogP) is 4.59. The van der Waals surface area contributed by atoms with Gasteiger partial charge in [0.1, 0.15) is 12.4 Å². The summed E-state index contributed by atoms with van der Waals surface area (Å²) in [6.45, 7) is 10.4. The van der Waals surface area contributed by atoms with Gasteiger partial charge in [-0.15, -0.1) is 0 Å². The lowest BCUT2D eigenvalue weighted by Gasteiger charge is -2.39. The van der Waals surface area contributed by atoms with Crippen molar-refractivity contribution in [3.05, 3.63) is 63.7 Å². The van der Waals surface area contributed by atoms with Crippen LogP contribution in [0.15, 0.2) is 30.3 Å². The van der Waals surface area contributed by atoms with Gasteiger partial charge in [0.15, 0.2) is 5.60 Å². The average Bonchev–Trinajstić information content (AvgIpc) is 3.10. The normalized spacial score (nSPS) is 23.0. The van der Waals surface area contributed by atoms with E-state index in [0.29, 0.717) is 12.8 Å². The maximum Gasteiger partial charge on any atom is 0.417 e. The molecular weight excluding hydrogens is 378 g/mol. The number of hydrogen-bond donors (Lipinski definition) is 0. The molecule has 0 saturated carbocycles. The molecule has 0 radical (unpaired) electrons.